The molecule has 0 saturated carbocycles. The Morgan fingerprint density at radius 3 is 1.25 bits per heavy atom. The van der Waals surface area contributed by atoms with Crippen LogP contribution in [-0.2, 0) is 102 Å². The van der Waals surface area contributed by atoms with Crippen molar-refractivity contribution >= 4 is 131 Å². The number of nitrogens with zero attached hydrogens (tertiary/aromatic N) is 14. The van der Waals surface area contributed by atoms with Gasteiger partial charge < -0.3 is 73.7 Å². The van der Waals surface area contributed by atoms with Crippen molar-refractivity contribution in [1.29, 1.82) is 0 Å². The Bertz CT molecular complexity index is 6680. The minimum atomic E-state index is -1.03. The third kappa shape index (κ3) is 21.4. The molecule has 9 heterocycles. The molecule has 9 aromatic heterocycles. The highest BCUT2D eigenvalue weighted by Crippen LogP contribution is 2.32. The molecule has 7 N–H and O–H groups in total. The first-order valence-corrected chi connectivity index (χ1v) is 40.6. The first-order chi connectivity index (χ1) is 58.5. The van der Waals surface area contributed by atoms with Gasteiger partial charge in [-0.25, -0.2) is 57.6 Å². The summed E-state index contributed by atoms with van der Waals surface area (Å²) >= 11 is 19.1. The number of aliphatic hydroxyl groups is 2. The molecule has 2 amide bonds. The number of hydrogen-bond acceptors (Lipinski definition) is 23. The smallest absolute Gasteiger partial charge is 0.419 e. The Hall–Kier alpha value is -12.4. The zero-order valence-electron chi connectivity index (χ0n) is 73.0. The Balaban J connectivity index is 0.000000195. The van der Waals surface area contributed by atoms with E-state index >= 15 is 0 Å². The number of aryl methyl sites for hydroxylation is 6. The molecular weight excluding hydrogens is 1680 g/mol. The second-order valence-electron chi connectivity index (χ2n) is 33.3. The molecule has 40 heteroatoms. The number of imidazole rings is 3. The molecule has 125 heavy (non-hydrogen) atoms. The molecular formula is C85H103Cl3N18O19. The summed E-state index contributed by atoms with van der Waals surface area (Å²) < 4.78 is 46.4. The molecule has 0 saturated heterocycles. The van der Waals surface area contributed by atoms with Crippen molar-refractivity contribution in [2.45, 2.75) is 164 Å². The van der Waals surface area contributed by atoms with Crippen molar-refractivity contribution in [1.82, 2.24) is 80.8 Å². The van der Waals surface area contributed by atoms with Gasteiger partial charge in [0, 0.05) is 91.6 Å². The van der Waals surface area contributed by atoms with E-state index < -0.39 is 105 Å². The summed E-state index contributed by atoms with van der Waals surface area (Å²) in [6.45, 7) is 23.3. The molecule has 0 aliphatic carbocycles. The number of ether oxygens (including phenoxy) is 6. The molecule has 13 aromatic rings. The van der Waals surface area contributed by atoms with E-state index in [9.17, 15) is 63.0 Å². The lowest BCUT2D eigenvalue weighted by Crippen LogP contribution is -2.40. The van der Waals surface area contributed by atoms with E-state index in [2.05, 4.69) is 35.3 Å². The van der Waals surface area contributed by atoms with Crippen molar-refractivity contribution < 1.29 is 62.6 Å². The standard InChI is InChI=1S/C35H41ClN6O7.C28H35ClN6O7.C18H19ClN6O3.C4H8O2/c1-34(2,3)48-31(44)37-25(20-47-19-21-13-10-9-11-14-21)28-38-29-27(39(28)7)30(43)41(32(45)40(29)8)18-22-17-23-24(36)15-12-16-26(23)42(22)33(46)49-35(4,5)6;1-27(2,3)41-24(38)30-18(14-36)21-31-22-20(32(21)7)23(37)34(25(39)33(22)8)13-15-12-16-17(29)10-9-11-19(16)35(15)26(40)42-28(4,5)6;1-23-14-16(22-15(23)12(20)8-26)24(2)18(28)25(17(14)27)7-9-6-10-11(19)4-3-5-13(10)21-9;1-3-6-4(2)5/h9-17,25H,18-20H2,1-8H3,(H,37,44);9-12,18,36H,13-14H2,1-8H3,(H,30,38);3-6,12,21,26H,7-8,20H2,1-2H3;3H2,1-2H3. The Morgan fingerprint density at radius 1 is 0.480 bits per heavy atom. The number of esters is 1. The lowest BCUT2D eigenvalue weighted by molar-refractivity contribution is -0.140. The largest absolute Gasteiger partial charge is 0.466 e. The summed E-state index contributed by atoms with van der Waals surface area (Å²) in [6.07, 6.45) is -2.86. The van der Waals surface area contributed by atoms with Gasteiger partial charge in [0.1, 0.15) is 52.0 Å². The number of aliphatic hydroxyl groups excluding tert-OH is 2. The second-order valence-corrected chi connectivity index (χ2v) is 34.6. The highest BCUT2D eigenvalue weighted by Gasteiger charge is 2.33. The molecule has 4 aromatic carbocycles. The molecule has 0 bridgehead atoms. The maximum Gasteiger partial charge on any atom is 0.419 e. The van der Waals surface area contributed by atoms with E-state index in [0.29, 0.717) is 66.4 Å². The van der Waals surface area contributed by atoms with Gasteiger partial charge in [0.2, 0.25) is 0 Å². The number of fused-ring (bicyclic) bond motifs is 6. The number of benzene rings is 4. The fourth-order valence-electron chi connectivity index (χ4n) is 13.7. The van der Waals surface area contributed by atoms with Crippen LogP contribution < -0.4 is 50.1 Å². The number of H-pyrrole nitrogens is 1. The molecule has 0 fully saturated rings. The maximum absolute atomic E-state index is 14.2. The van der Waals surface area contributed by atoms with Gasteiger partial charge in [-0.05, 0) is 150 Å². The number of carbonyl (C=O) groups excluding carboxylic acids is 5. The molecule has 668 valence electrons. The number of aromatic nitrogens is 15. The summed E-state index contributed by atoms with van der Waals surface area (Å²) in [5.74, 6) is 0.531. The van der Waals surface area contributed by atoms with Crippen molar-refractivity contribution in [3.8, 4) is 0 Å². The summed E-state index contributed by atoms with van der Waals surface area (Å²) in [6, 6.07) is 27.6. The van der Waals surface area contributed by atoms with Crippen molar-refractivity contribution in [3.63, 3.8) is 0 Å². The molecule has 13 rings (SSSR count). The number of aromatic amines is 1. The van der Waals surface area contributed by atoms with Gasteiger partial charge in [0.15, 0.2) is 33.5 Å². The monoisotopic (exact) mass is 1780 g/mol. The van der Waals surface area contributed by atoms with E-state index in [1.807, 2.05) is 48.5 Å². The fourth-order valence-corrected chi connectivity index (χ4v) is 14.4. The number of halogens is 3. The SMILES string of the molecule is CCOC(C)=O.Cn1c(C(CO)NC(=O)OC(C)(C)C)nc2c1c(=O)n(Cc1cc3c(Cl)cccc3n1C(=O)OC(C)(C)C)c(=O)n2C.Cn1c(C(COCc2ccccc2)NC(=O)OC(C)(C)C)nc2c1c(=O)n(Cc1cc3c(Cl)cccc3n1C(=O)OC(C)(C)C)c(=O)n2C.Cn1c(C(N)CO)nc2c1c(=O)n(Cc1cc3c(Cl)cccc3[nH]1)c(=O)n2C. The molecule has 3 atom stereocenters. The van der Waals surface area contributed by atoms with Crippen LogP contribution >= 0.6 is 34.8 Å². The van der Waals surface area contributed by atoms with Crippen LogP contribution in [0.25, 0.3) is 66.2 Å². The summed E-state index contributed by atoms with van der Waals surface area (Å²) in [7, 11) is 9.30. The number of alkyl carbamates (subject to hydrolysis) is 2. The Kier molecular flexibility index (Phi) is 28.8. The number of nitrogens with two attached hydrogens (primary N) is 1. The first kappa shape index (κ1) is 94.9. The molecule has 0 spiro atoms. The second kappa shape index (κ2) is 38.0. The van der Waals surface area contributed by atoms with Gasteiger partial charge in [-0.1, -0.05) is 83.3 Å². The minimum Gasteiger partial charge on any atom is -0.466 e. The van der Waals surface area contributed by atoms with Crippen LogP contribution in [0.4, 0.5) is 19.2 Å². The Morgan fingerprint density at radius 2 is 0.864 bits per heavy atom. The summed E-state index contributed by atoms with van der Waals surface area (Å²) in [4.78, 5) is 160. The molecule has 0 radical (unpaired) electrons. The van der Waals surface area contributed by atoms with Gasteiger partial charge in [-0.3, -0.25) is 46.6 Å². The van der Waals surface area contributed by atoms with Crippen LogP contribution in [-0.4, -0.2) is 160 Å². The molecule has 3 unspecified atom stereocenters. The number of amides is 2. The van der Waals surface area contributed by atoms with Crippen LogP contribution in [0.2, 0.25) is 15.1 Å². The van der Waals surface area contributed by atoms with Crippen molar-refractivity contribution in [2.24, 2.45) is 48.0 Å². The van der Waals surface area contributed by atoms with Crippen LogP contribution in [0.3, 0.4) is 0 Å². The first-order valence-electron chi connectivity index (χ1n) is 39.5. The summed E-state index contributed by atoms with van der Waals surface area (Å²) in [5, 5.41) is 28.0. The normalized spacial score (nSPS) is 12.6. The lowest BCUT2D eigenvalue weighted by Gasteiger charge is -2.23. The topological polar surface area (TPSA) is 442 Å². The van der Waals surface area contributed by atoms with Crippen molar-refractivity contribution in [2.75, 3.05) is 26.4 Å². The lowest BCUT2D eigenvalue weighted by atomic mass is 10.2. The zero-order valence-corrected chi connectivity index (χ0v) is 75.3. The Labute approximate surface area is 729 Å². The van der Waals surface area contributed by atoms with Gasteiger partial charge in [-0.15, -0.1) is 0 Å². The maximum atomic E-state index is 14.2. The third-order valence-corrected chi connectivity index (χ3v) is 20.2. The number of carbonyl (C=O) groups is 5. The van der Waals surface area contributed by atoms with E-state index in [1.165, 1.54) is 64.6 Å². The predicted molar refractivity (Wildman–Crippen MR) is 472 cm³/mol. The predicted octanol–water partition coefficient (Wildman–Crippen LogP) is 10.3. The van der Waals surface area contributed by atoms with E-state index in [-0.39, 0.29) is 90.6 Å². The summed E-state index contributed by atoms with van der Waals surface area (Å²) in [5.41, 5.74) is 3.82. The number of rotatable bonds is 18. The zero-order chi connectivity index (χ0) is 92.3. The highest BCUT2D eigenvalue weighted by atomic mass is 35.5. The van der Waals surface area contributed by atoms with Crippen molar-refractivity contribution in [3.05, 3.63) is 221 Å². The van der Waals surface area contributed by atoms with E-state index in [1.54, 1.807) is 166 Å². The molecule has 0 aliphatic rings. The average Bonchev–Trinajstić information content (AvgIpc) is 1.61. The van der Waals surface area contributed by atoms with Crippen LogP contribution in [0.15, 0.2) is 132 Å². The number of hydrogen-bond donors (Lipinski definition) is 6. The van der Waals surface area contributed by atoms with Crippen LogP contribution in [0, 0.1) is 0 Å². The minimum absolute atomic E-state index is 0.00973. The van der Waals surface area contributed by atoms with E-state index in [0.717, 1.165) is 30.2 Å². The van der Waals surface area contributed by atoms with Crippen LogP contribution in [0.1, 0.15) is 155 Å². The van der Waals surface area contributed by atoms with Gasteiger partial charge in [-0.2, -0.15) is 0 Å². The average molecular weight is 1790 g/mol. The van der Waals surface area contributed by atoms with Gasteiger partial charge >= 0.3 is 47.4 Å². The third-order valence-electron chi connectivity index (χ3n) is 19.2. The van der Waals surface area contributed by atoms with Gasteiger partial charge in [0.05, 0.1) is 81.1 Å². The fraction of sp³-hybridized carbons (Fsp3) is 0.412. The molecule has 37 nitrogen and oxygen atoms in total. The quantitative estimate of drug-likeness (QED) is 0.0343. The molecule has 0 aliphatic heterocycles. The highest BCUT2D eigenvalue weighted by molar-refractivity contribution is 6.36. The van der Waals surface area contributed by atoms with Crippen LogP contribution in [0.5, 0.6) is 0 Å². The van der Waals surface area contributed by atoms with Gasteiger partial charge in [0.25, 0.3) is 16.7 Å². The number of nitrogens with one attached hydrogen (secondary N) is 3. The van der Waals surface area contributed by atoms with E-state index in [4.69, 9.17) is 64.2 Å².